The number of carbonyl (C=O) groups excluding carboxylic acids is 1. The lowest BCUT2D eigenvalue weighted by molar-refractivity contribution is -0.384. The second-order valence-corrected chi connectivity index (χ2v) is 6.44. The van der Waals surface area contributed by atoms with E-state index < -0.39 is 4.92 Å². The van der Waals surface area contributed by atoms with Crippen LogP contribution in [-0.4, -0.2) is 10.8 Å². The summed E-state index contributed by atoms with van der Waals surface area (Å²) in [6.07, 6.45) is 1.65. The standard InChI is InChI=1S/C22H14ClN3O3/c23-21-7-2-1-6-20(21)22(27)25-18-5-3-4-15(13-18)12-17(14-24)16-8-10-19(11-9-16)26(28)29/h1-13H,(H,25,27)/b17-12+. The van der Waals surface area contributed by atoms with Gasteiger partial charge < -0.3 is 5.32 Å². The molecule has 0 aliphatic heterocycles. The van der Waals surface area contributed by atoms with E-state index in [1.165, 1.54) is 24.3 Å². The highest BCUT2D eigenvalue weighted by Gasteiger charge is 2.10. The molecule has 0 aromatic heterocycles. The SMILES string of the molecule is N#C/C(=C\c1cccc(NC(=O)c2ccccc2Cl)c1)c1ccc([N+](=O)[O-])cc1. The number of nitrogens with zero attached hydrogens (tertiary/aromatic N) is 2. The number of rotatable bonds is 5. The van der Waals surface area contributed by atoms with Gasteiger partial charge in [0, 0.05) is 17.8 Å². The van der Waals surface area contributed by atoms with E-state index in [0.717, 1.165) is 0 Å². The Morgan fingerprint density at radius 2 is 1.79 bits per heavy atom. The average molecular weight is 404 g/mol. The van der Waals surface area contributed by atoms with Crippen LogP contribution in [0.15, 0.2) is 72.8 Å². The Hall–Kier alpha value is -3.95. The Labute approximate surface area is 171 Å². The number of hydrogen-bond donors (Lipinski definition) is 1. The molecule has 1 N–H and O–H groups in total. The zero-order valence-electron chi connectivity index (χ0n) is 15.0. The zero-order chi connectivity index (χ0) is 20.8. The first-order valence-electron chi connectivity index (χ1n) is 8.50. The fourth-order valence-electron chi connectivity index (χ4n) is 2.66. The number of nitriles is 1. The molecule has 3 aromatic carbocycles. The molecule has 0 spiro atoms. The lowest BCUT2D eigenvalue weighted by atomic mass is 10.0. The van der Waals surface area contributed by atoms with Gasteiger partial charge in [0.2, 0.25) is 0 Å². The summed E-state index contributed by atoms with van der Waals surface area (Å²) < 4.78 is 0. The van der Waals surface area contributed by atoms with Gasteiger partial charge in [-0.15, -0.1) is 0 Å². The summed E-state index contributed by atoms with van der Waals surface area (Å²) in [5, 5.41) is 23.4. The van der Waals surface area contributed by atoms with Gasteiger partial charge >= 0.3 is 0 Å². The van der Waals surface area contributed by atoms with Gasteiger partial charge in [-0.25, -0.2) is 0 Å². The monoisotopic (exact) mass is 403 g/mol. The molecule has 0 fully saturated rings. The fourth-order valence-corrected chi connectivity index (χ4v) is 2.88. The van der Waals surface area contributed by atoms with Crippen LogP contribution in [0.4, 0.5) is 11.4 Å². The Morgan fingerprint density at radius 1 is 1.07 bits per heavy atom. The smallest absolute Gasteiger partial charge is 0.269 e. The average Bonchev–Trinajstić information content (AvgIpc) is 2.72. The Morgan fingerprint density at radius 3 is 2.45 bits per heavy atom. The number of benzene rings is 3. The molecular weight excluding hydrogens is 390 g/mol. The Balaban J connectivity index is 1.84. The van der Waals surface area contributed by atoms with Crippen molar-refractivity contribution in [3.8, 4) is 6.07 Å². The van der Waals surface area contributed by atoms with Crippen LogP contribution in [0.2, 0.25) is 5.02 Å². The van der Waals surface area contributed by atoms with Gasteiger partial charge in [-0.05, 0) is 53.6 Å². The minimum Gasteiger partial charge on any atom is -0.322 e. The molecule has 3 rings (SSSR count). The molecule has 0 saturated carbocycles. The third-order valence-corrected chi connectivity index (χ3v) is 4.41. The zero-order valence-corrected chi connectivity index (χ0v) is 15.8. The third kappa shape index (κ3) is 4.86. The Kier molecular flexibility index (Phi) is 6.03. The van der Waals surface area contributed by atoms with E-state index in [9.17, 15) is 20.2 Å². The highest BCUT2D eigenvalue weighted by atomic mass is 35.5. The van der Waals surface area contributed by atoms with Crippen molar-refractivity contribution in [2.75, 3.05) is 5.32 Å². The van der Waals surface area contributed by atoms with E-state index in [2.05, 4.69) is 11.4 Å². The van der Waals surface area contributed by atoms with Gasteiger partial charge in [-0.3, -0.25) is 14.9 Å². The van der Waals surface area contributed by atoms with Gasteiger partial charge in [0.1, 0.15) is 0 Å². The van der Waals surface area contributed by atoms with E-state index in [0.29, 0.717) is 33.0 Å². The quantitative estimate of drug-likeness (QED) is 0.261. The number of nitrogens with one attached hydrogen (secondary N) is 1. The number of nitro groups is 1. The summed E-state index contributed by atoms with van der Waals surface area (Å²) >= 11 is 6.05. The lowest BCUT2D eigenvalue weighted by Crippen LogP contribution is -2.12. The third-order valence-electron chi connectivity index (χ3n) is 4.08. The molecule has 29 heavy (non-hydrogen) atoms. The molecule has 0 aliphatic carbocycles. The van der Waals surface area contributed by atoms with Gasteiger partial charge in [0.05, 0.1) is 27.2 Å². The van der Waals surface area contributed by atoms with Crippen LogP contribution >= 0.6 is 11.6 Å². The summed E-state index contributed by atoms with van der Waals surface area (Å²) in [6, 6.07) is 21.6. The highest BCUT2D eigenvalue weighted by molar-refractivity contribution is 6.34. The maximum absolute atomic E-state index is 12.4. The maximum atomic E-state index is 12.4. The van der Waals surface area contributed by atoms with Crippen LogP contribution in [0.5, 0.6) is 0 Å². The van der Waals surface area contributed by atoms with Crippen LogP contribution in [0.3, 0.4) is 0 Å². The molecule has 142 valence electrons. The molecular formula is C22H14ClN3O3. The minimum atomic E-state index is -0.495. The molecule has 0 bridgehead atoms. The molecule has 1 amide bonds. The molecule has 0 saturated heterocycles. The van der Waals surface area contributed by atoms with Crippen molar-refractivity contribution in [1.29, 1.82) is 5.26 Å². The summed E-state index contributed by atoms with van der Waals surface area (Å²) in [6.45, 7) is 0. The highest BCUT2D eigenvalue weighted by Crippen LogP contribution is 2.23. The van der Waals surface area contributed by atoms with Gasteiger partial charge in [0.25, 0.3) is 11.6 Å². The normalized spacial score (nSPS) is 10.8. The van der Waals surface area contributed by atoms with Gasteiger partial charge in [-0.2, -0.15) is 5.26 Å². The molecule has 0 atom stereocenters. The summed E-state index contributed by atoms with van der Waals surface area (Å²) in [5.74, 6) is -0.340. The molecule has 0 unspecified atom stereocenters. The van der Waals surface area contributed by atoms with E-state index in [4.69, 9.17) is 11.6 Å². The fraction of sp³-hybridized carbons (Fsp3) is 0. The van der Waals surface area contributed by atoms with Gasteiger partial charge in [-0.1, -0.05) is 35.9 Å². The van der Waals surface area contributed by atoms with Crippen LogP contribution in [0.25, 0.3) is 11.6 Å². The second kappa shape index (κ2) is 8.83. The second-order valence-electron chi connectivity index (χ2n) is 6.03. The number of allylic oxidation sites excluding steroid dienone is 1. The molecule has 3 aromatic rings. The molecule has 6 nitrogen and oxygen atoms in total. The topological polar surface area (TPSA) is 96.0 Å². The lowest BCUT2D eigenvalue weighted by Gasteiger charge is -2.08. The predicted octanol–water partition coefficient (Wildman–Crippen LogP) is 5.56. The molecule has 0 aliphatic rings. The predicted molar refractivity (Wildman–Crippen MR) is 112 cm³/mol. The first-order chi connectivity index (χ1) is 14.0. The van der Waals surface area contributed by atoms with E-state index >= 15 is 0 Å². The summed E-state index contributed by atoms with van der Waals surface area (Å²) in [4.78, 5) is 22.7. The Bertz CT molecular complexity index is 1150. The van der Waals surface area contributed by atoms with E-state index in [-0.39, 0.29) is 11.6 Å². The maximum Gasteiger partial charge on any atom is 0.269 e. The summed E-state index contributed by atoms with van der Waals surface area (Å²) in [7, 11) is 0. The molecule has 7 heteroatoms. The van der Waals surface area contributed by atoms with Gasteiger partial charge in [0.15, 0.2) is 0 Å². The number of halogens is 1. The first kappa shape index (κ1) is 19.8. The van der Waals surface area contributed by atoms with Crippen molar-refractivity contribution in [2.45, 2.75) is 0 Å². The number of nitro benzene ring substituents is 1. The van der Waals surface area contributed by atoms with Crippen molar-refractivity contribution >= 4 is 40.5 Å². The largest absolute Gasteiger partial charge is 0.322 e. The van der Waals surface area contributed by atoms with E-state index in [1.807, 2.05) is 0 Å². The van der Waals surface area contributed by atoms with Crippen molar-refractivity contribution in [2.24, 2.45) is 0 Å². The van der Waals surface area contributed by atoms with Crippen molar-refractivity contribution in [3.05, 3.63) is 105 Å². The minimum absolute atomic E-state index is 0.0460. The van der Waals surface area contributed by atoms with Crippen LogP contribution in [-0.2, 0) is 0 Å². The number of non-ortho nitro benzene ring substituents is 1. The van der Waals surface area contributed by atoms with Crippen molar-refractivity contribution < 1.29 is 9.72 Å². The number of carbonyl (C=O) groups is 1. The molecule has 0 heterocycles. The summed E-state index contributed by atoms with van der Waals surface area (Å²) in [5.41, 5.74) is 2.45. The van der Waals surface area contributed by atoms with Crippen LogP contribution in [0.1, 0.15) is 21.5 Å². The first-order valence-corrected chi connectivity index (χ1v) is 8.88. The van der Waals surface area contributed by atoms with Crippen LogP contribution < -0.4 is 5.32 Å². The van der Waals surface area contributed by atoms with E-state index in [1.54, 1.807) is 54.6 Å². The van der Waals surface area contributed by atoms with Crippen molar-refractivity contribution in [1.82, 2.24) is 0 Å². The number of amides is 1. The molecule has 0 radical (unpaired) electrons. The number of hydrogen-bond acceptors (Lipinski definition) is 4. The van der Waals surface area contributed by atoms with Crippen molar-refractivity contribution in [3.63, 3.8) is 0 Å². The number of anilines is 1. The van der Waals surface area contributed by atoms with Crippen LogP contribution in [0, 0.1) is 21.4 Å².